The van der Waals surface area contributed by atoms with Crippen molar-refractivity contribution in [3.05, 3.63) is 11.6 Å². The summed E-state index contributed by atoms with van der Waals surface area (Å²) >= 11 is 0. The van der Waals surface area contributed by atoms with Crippen molar-refractivity contribution >= 4 is 0 Å². The van der Waals surface area contributed by atoms with Gasteiger partial charge in [-0.3, -0.25) is 0 Å². The van der Waals surface area contributed by atoms with Crippen molar-refractivity contribution in [2.75, 3.05) is 13.1 Å². The lowest BCUT2D eigenvalue weighted by Crippen LogP contribution is -2.30. The molecule has 0 amide bonds. The molecule has 1 atom stereocenters. The summed E-state index contributed by atoms with van der Waals surface area (Å²) in [6.07, 6.45) is 7.57. The largest absolute Gasteiger partial charge is 0.316 e. The molecule has 1 unspecified atom stereocenters. The summed E-state index contributed by atoms with van der Waals surface area (Å²) in [5, 5.41) is 12.3. The average Bonchev–Trinajstić information content (AvgIpc) is 2.60. The maximum atomic E-state index is 4.44. The van der Waals surface area contributed by atoms with E-state index in [0.717, 1.165) is 26.1 Å². The molecule has 0 spiro atoms. The lowest BCUT2D eigenvalue weighted by atomic mass is 9.99. The van der Waals surface area contributed by atoms with E-state index in [9.17, 15) is 0 Å². The zero-order valence-electron chi connectivity index (χ0n) is 9.78. The number of hydrogen-bond acceptors (Lipinski definition) is 3. The first kappa shape index (κ1) is 10.3. The standard InChI is InChI=1S/C12H20N4/c1-2-6-11-14-15-12(16(11)8-3-1)10-5-4-7-13-9-10/h10,13H,1-9H2. The van der Waals surface area contributed by atoms with Gasteiger partial charge >= 0.3 is 0 Å². The lowest BCUT2D eigenvalue weighted by molar-refractivity contribution is 0.429. The zero-order chi connectivity index (χ0) is 10.8. The van der Waals surface area contributed by atoms with E-state index in [2.05, 4.69) is 20.1 Å². The van der Waals surface area contributed by atoms with Gasteiger partial charge in [0.05, 0.1) is 0 Å². The second-order valence-electron chi connectivity index (χ2n) is 4.98. The van der Waals surface area contributed by atoms with Crippen molar-refractivity contribution in [3.8, 4) is 0 Å². The highest BCUT2D eigenvalue weighted by atomic mass is 15.3. The molecule has 1 aromatic heterocycles. The average molecular weight is 220 g/mol. The summed E-state index contributed by atoms with van der Waals surface area (Å²) in [6, 6.07) is 0. The van der Waals surface area contributed by atoms with Crippen LogP contribution in [0.3, 0.4) is 0 Å². The van der Waals surface area contributed by atoms with Crippen LogP contribution in [0.1, 0.15) is 49.7 Å². The fourth-order valence-corrected chi connectivity index (χ4v) is 2.88. The molecule has 0 radical (unpaired) electrons. The van der Waals surface area contributed by atoms with E-state index in [1.807, 2.05) is 0 Å². The van der Waals surface area contributed by atoms with Crippen molar-refractivity contribution < 1.29 is 0 Å². The predicted molar refractivity (Wildman–Crippen MR) is 62.4 cm³/mol. The molecular weight excluding hydrogens is 200 g/mol. The Labute approximate surface area is 96.4 Å². The number of fused-ring (bicyclic) bond motifs is 1. The normalized spacial score (nSPS) is 26.1. The molecule has 4 nitrogen and oxygen atoms in total. The van der Waals surface area contributed by atoms with E-state index < -0.39 is 0 Å². The van der Waals surface area contributed by atoms with Gasteiger partial charge in [-0.2, -0.15) is 0 Å². The Kier molecular flexibility index (Phi) is 2.91. The van der Waals surface area contributed by atoms with E-state index in [1.165, 1.54) is 43.8 Å². The predicted octanol–water partition coefficient (Wildman–Crippen LogP) is 1.47. The van der Waals surface area contributed by atoms with Crippen LogP contribution in [0.2, 0.25) is 0 Å². The number of aryl methyl sites for hydroxylation is 1. The molecule has 4 heteroatoms. The zero-order valence-corrected chi connectivity index (χ0v) is 9.78. The molecule has 0 saturated carbocycles. The van der Waals surface area contributed by atoms with Gasteiger partial charge in [0.25, 0.3) is 0 Å². The van der Waals surface area contributed by atoms with Crippen LogP contribution in [-0.2, 0) is 13.0 Å². The fraction of sp³-hybridized carbons (Fsp3) is 0.833. The fourth-order valence-electron chi connectivity index (χ4n) is 2.88. The quantitative estimate of drug-likeness (QED) is 0.779. The van der Waals surface area contributed by atoms with Gasteiger partial charge < -0.3 is 9.88 Å². The lowest BCUT2D eigenvalue weighted by Gasteiger charge is -2.22. The topological polar surface area (TPSA) is 42.7 Å². The Morgan fingerprint density at radius 1 is 1.12 bits per heavy atom. The van der Waals surface area contributed by atoms with Gasteiger partial charge in [-0.15, -0.1) is 10.2 Å². The van der Waals surface area contributed by atoms with Crippen LogP contribution in [0.15, 0.2) is 0 Å². The summed E-state index contributed by atoms with van der Waals surface area (Å²) in [6.45, 7) is 3.38. The second-order valence-corrected chi connectivity index (χ2v) is 4.98. The number of hydrogen-bond donors (Lipinski definition) is 1. The van der Waals surface area contributed by atoms with E-state index in [0.29, 0.717) is 5.92 Å². The van der Waals surface area contributed by atoms with Gasteiger partial charge in [0.15, 0.2) is 0 Å². The number of aromatic nitrogens is 3. The Morgan fingerprint density at radius 2 is 2.12 bits per heavy atom. The summed E-state index contributed by atoms with van der Waals surface area (Å²) in [5.41, 5.74) is 0. The van der Waals surface area contributed by atoms with Gasteiger partial charge in [0, 0.05) is 25.4 Å². The first-order chi connectivity index (χ1) is 7.95. The smallest absolute Gasteiger partial charge is 0.137 e. The second kappa shape index (κ2) is 4.53. The van der Waals surface area contributed by atoms with E-state index in [4.69, 9.17) is 0 Å². The van der Waals surface area contributed by atoms with Crippen molar-refractivity contribution in [1.29, 1.82) is 0 Å². The highest BCUT2D eigenvalue weighted by molar-refractivity contribution is 5.05. The summed E-state index contributed by atoms with van der Waals surface area (Å²) in [5.74, 6) is 3.05. The molecule has 1 fully saturated rings. The number of nitrogens with zero attached hydrogens (tertiary/aromatic N) is 3. The summed E-state index contributed by atoms with van der Waals surface area (Å²) < 4.78 is 2.39. The van der Waals surface area contributed by atoms with Crippen LogP contribution in [0, 0.1) is 0 Å². The van der Waals surface area contributed by atoms with Gasteiger partial charge in [-0.1, -0.05) is 6.42 Å². The molecule has 3 rings (SSSR count). The van der Waals surface area contributed by atoms with Crippen molar-refractivity contribution in [1.82, 2.24) is 20.1 Å². The Bertz CT molecular complexity index is 352. The molecule has 0 aliphatic carbocycles. The Morgan fingerprint density at radius 3 is 3.00 bits per heavy atom. The molecule has 88 valence electrons. The molecular formula is C12H20N4. The minimum Gasteiger partial charge on any atom is -0.316 e. The first-order valence-corrected chi connectivity index (χ1v) is 6.58. The van der Waals surface area contributed by atoms with E-state index >= 15 is 0 Å². The molecule has 2 aliphatic heterocycles. The Balaban J connectivity index is 1.86. The highest BCUT2D eigenvalue weighted by Crippen LogP contribution is 2.24. The molecule has 0 aromatic carbocycles. The SMILES string of the molecule is C1CCc2nnc(C3CCCNC3)n2CC1. The molecule has 1 N–H and O–H groups in total. The van der Waals surface area contributed by atoms with Crippen molar-refractivity contribution in [2.45, 2.75) is 51.0 Å². The van der Waals surface area contributed by atoms with Crippen LogP contribution in [-0.4, -0.2) is 27.9 Å². The molecule has 1 aromatic rings. The minimum absolute atomic E-state index is 0.591. The van der Waals surface area contributed by atoms with Gasteiger partial charge in [0.1, 0.15) is 11.6 Å². The Hall–Kier alpha value is -0.900. The molecule has 3 heterocycles. The van der Waals surface area contributed by atoms with Gasteiger partial charge in [-0.05, 0) is 32.2 Å². The monoisotopic (exact) mass is 220 g/mol. The van der Waals surface area contributed by atoms with Crippen LogP contribution >= 0.6 is 0 Å². The summed E-state index contributed by atoms with van der Waals surface area (Å²) in [4.78, 5) is 0. The van der Waals surface area contributed by atoms with Gasteiger partial charge in [0.2, 0.25) is 0 Å². The van der Waals surface area contributed by atoms with Crippen LogP contribution in [0.25, 0.3) is 0 Å². The number of rotatable bonds is 1. The maximum Gasteiger partial charge on any atom is 0.137 e. The summed E-state index contributed by atoms with van der Waals surface area (Å²) in [7, 11) is 0. The van der Waals surface area contributed by atoms with Crippen LogP contribution < -0.4 is 5.32 Å². The third-order valence-corrected chi connectivity index (χ3v) is 3.80. The van der Waals surface area contributed by atoms with Crippen LogP contribution in [0.4, 0.5) is 0 Å². The minimum atomic E-state index is 0.591. The molecule has 1 saturated heterocycles. The first-order valence-electron chi connectivity index (χ1n) is 6.58. The van der Waals surface area contributed by atoms with E-state index in [-0.39, 0.29) is 0 Å². The third-order valence-electron chi connectivity index (χ3n) is 3.80. The maximum absolute atomic E-state index is 4.44. The van der Waals surface area contributed by atoms with Crippen molar-refractivity contribution in [2.24, 2.45) is 0 Å². The molecule has 2 aliphatic rings. The van der Waals surface area contributed by atoms with Crippen molar-refractivity contribution in [3.63, 3.8) is 0 Å². The third kappa shape index (κ3) is 1.86. The number of nitrogens with one attached hydrogen (secondary N) is 1. The molecule has 0 bridgehead atoms. The van der Waals surface area contributed by atoms with Crippen LogP contribution in [0.5, 0.6) is 0 Å². The number of piperidine rings is 1. The highest BCUT2D eigenvalue weighted by Gasteiger charge is 2.23. The van der Waals surface area contributed by atoms with E-state index in [1.54, 1.807) is 0 Å². The molecule has 16 heavy (non-hydrogen) atoms. The van der Waals surface area contributed by atoms with Gasteiger partial charge in [-0.25, -0.2) is 0 Å².